The van der Waals surface area contributed by atoms with Crippen LogP contribution in [0, 0.1) is 0 Å². The number of aromatic nitrogens is 2. The zero-order valence-corrected chi connectivity index (χ0v) is 17.0. The van der Waals surface area contributed by atoms with Gasteiger partial charge in [-0.25, -0.2) is 4.79 Å². The van der Waals surface area contributed by atoms with Gasteiger partial charge in [-0.15, -0.1) is 0 Å². The summed E-state index contributed by atoms with van der Waals surface area (Å²) in [6.45, 7) is 2.39. The van der Waals surface area contributed by atoms with Gasteiger partial charge >= 0.3 is 5.97 Å². The summed E-state index contributed by atoms with van der Waals surface area (Å²) < 4.78 is 7.74. The van der Waals surface area contributed by atoms with Crippen molar-refractivity contribution in [1.29, 1.82) is 0 Å². The lowest BCUT2D eigenvalue weighted by molar-refractivity contribution is 0.0512. The summed E-state index contributed by atoms with van der Waals surface area (Å²) in [5.74, 6) is -0.423. The molecule has 1 aromatic heterocycles. The highest BCUT2D eigenvalue weighted by molar-refractivity contribution is 9.10. The van der Waals surface area contributed by atoms with Gasteiger partial charge in [0.15, 0.2) is 0 Å². The second kappa shape index (κ2) is 8.25. The Morgan fingerprint density at radius 2 is 1.88 bits per heavy atom. The van der Waals surface area contributed by atoms with Crippen molar-refractivity contribution < 1.29 is 9.53 Å². The summed E-state index contributed by atoms with van der Waals surface area (Å²) in [5, 5.41) is 5.66. The molecule has 0 N–H and O–H groups in total. The van der Waals surface area contributed by atoms with Crippen LogP contribution in [0.15, 0.2) is 53.0 Å². The van der Waals surface area contributed by atoms with E-state index in [0.29, 0.717) is 34.6 Å². The Kier molecular flexibility index (Phi) is 6.01. The monoisotopic (exact) mass is 452 g/mol. The molecule has 0 fully saturated rings. The summed E-state index contributed by atoms with van der Waals surface area (Å²) in [6, 6.07) is 14.7. The average molecular weight is 454 g/mol. The standard InChI is InChI=1S/C19H15BrCl2N2O2/c1-2-26-19(25)18-10-17(12-3-6-14(20)7-4-12)23-24(18)11-13-5-8-15(21)9-16(13)22/h3-10H,2,11H2,1H3. The largest absolute Gasteiger partial charge is 0.461 e. The zero-order chi connectivity index (χ0) is 18.7. The van der Waals surface area contributed by atoms with Gasteiger partial charge in [-0.1, -0.05) is 57.3 Å². The third kappa shape index (κ3) is 4.29. The highest BCUT2D eigenvalue weighted by Gasteiger charge is 2.18. The number of rotatable bonds is 5. The molecule has 0 saturated heterocycles. The molecule has 134 valence electrons. The van der Waals surface area contributed by atoms with Crippen molar-refractivity contribution in [2.45, 2.75) is 13.5 Å². The molecule has 0 saturated carbocycles. The fourth-order valence-corrected chi connectivity index (χ4v) is 3.21. The maximum Gasteiger partial charge on any atom is 0.356 e. The van der Waals surface area contributed by atoms with Gasteiger partial charge in [0.05, 0.1) is 18.8 Å². The number of carbonyl (C=O) groups is 1. The molecule has 0 bridgehead atoms. The van der Waals surface area contributed by atoms with Crippen LogP contribution in [0.3, 0.4) is 0 Å². The van der Waals surface area contributed by atoms with Gasteiger partial charge in [0, 0.05) is 20.1 Å². The number of hydrogen-bond acceptors (Lipinski definition) is 3. The minimum atomic E-state index is -0.423. The first-order valence-electron chi connectivity index (χ1n) is 7.92. The first kappa shape index (κ1) is 19.0. The second-order valence-corrected chi connectivity index (χ2v) is 7.29. The second-order valence-electron chi connectivity index (χ2n) is 5.54. The Morgan fingerprint density at radius 3 is 2.54 bits per heavy atom. The van der Waals surface area contributed by atoms with E-state index in [1.54, 1.807) is 29.8 Å². The van der Waals surface area contributed by atoms with Crippen LogP contribution >= 0.6 is 39.1 Å². The number of halogens is 3. The number of esters is 1. The maximum atomic E-state index is 12.3. The molecule has 0 unspecified atom stereocenters. The van der Waals surface area contributed by atoms with E-state index in [9.17, 15) is 4.79 Å². The van der Waals surface area contributed by atoms with Crippen LogP contribution in [-0.4, -0.2) is 22.4 Å². The normalized spacial score (nSPS) is 10.8. The predicted octanol–water partition coefficient (Wildman–Crippen LogP) is 5.84. The molecule has 4 nitrogen and oxygen atoms in total. The third-order valence-electron chi connectivity index (χ3n) is 3.74. The number of benzene rings is 2. The van der Waals surface area contributed by atoms with Crippen molar-refractivity contribution in [3.8, 4) is 11.3 Å². The van der Waals surface area contributed by atoms with Crippen LogP contribution in [0.25, 0.3) is 11.3 Å². The summed E-state index contributed by atoms with van der Waals surface area (Å²) >= 11 is 15.6. The van der Waals surface area contributed by atoms with Crippen LogP contribution in [-0.2, 0) is 11.3 Å². The summed E-state index contributed by atoms with van der Waals surface area (Å²) in [5.41, 5.74) is 2.77. The SMILES string of the molecule is CCOC(=O)c1cc(-c2ccc(Br)cc2)nn1Cc1ccc(Cl)cc1Cl. The highest BCUT2D eigenvalue weighted by Crippen LogP contribution is 2.25. The summed E-state index contributed by atoms with van der Waals surface area (Å²) in [7, 11) is 0. The fraction of sp³-hybridized carbons (Fsp3) is 0.158. The lowest BCUT2D eigenvalue weighted by atomic mass is 10.1. The molecule has 0 radical (unpaired) electrons. The molecule has 2 aromatic carbocycles. The van der Waals surface area contributed by atoms with Gasteiger partial charge < -0.3 is 4.74 Å². The quantitative estimate of drug-likeness (QED) is 0.455. The molecular weight excluding hydrogens is 439 g/mol. The molecule has 7 heteroatoms. The Balaban J connectivity index is 2.01. The van der Waals surface area contributed by atoms with E-state index in [4.69, 9.17) is 27.9 Å². The van der Waals surface area contributed by atoms with Crippen molar-refractivity contribution in [2.75, 3.05) is 6.61 Å². The van der Waals surface area contributed by atoms with Gasteiger partial charge in [0.2, 0.25) is 0 Å². The van der Waals surface area contributed by atoms with Gasteiger partial charge in [0.25, 0.3) is 0 Å². The molecular formula is C19H15BrCl2N2O2. The molecule has 3 aromatic rings. The Morgan fingerprint density at radius 1 is 1.15 bits per heavy atom. The van der Waals surface area contributed by atoms with Crippen molar-refractivity contribution in [3.63, 3.8) is 0 Å². The number of carbonyl (C=O) groups excluding carboxylic acids is 1. The van der Waals surface area contributed by atoms with E-state index < -0.39 is 5.97 Å². The van der Waals surface area contributed by atoms with E-state index in [-0.39, 0.29) is 0 Å². The number of ether oxygens (including phenoxy) is 1. The van der Waals surface area contributed by atoms with Crippen molar-refractivity contribution in [1.82, 2.24) is 9.78 Å². The van der Waals surface area contributed by atoms with Gasteiger partial charge in [-0.2, -0.15) is 5.10 Å². The van der Waals surface area contributed by atoms with Gasteiger partial charge in [-0.3, -0.25) is 4.68 Å². The van der Waals surface area contributed by atoms with Crippen molar-refractivity contribution >= 4 is 45.1 Å². The molecule has 3 rings (SSSR count). The van der Waals surface area contributed by atoms with Crippen molar-refractivity contribution in [3.05, 3.63) is 74.3 Å². The Labute approximate surface area is 169 Å². The third-order valence-corrected chi connectivity index (χ3v) is 4.86. The van der Waals surface area contributed by atoms with Crippen LogP contribution in [0.4, 0.5) is 0 Å². The minimum Gasteiger partial charge on any atom is -0.461 e. The van der Waals surface area contributed by atoms with Crippen LogP contribution in [0.2, 0.25) is 10.0 Å². The Hall–Kier alpha value is -1.82. The fourth-order valence-electron chi connectivity index (χ4n) is 2.48. The zero-order valence-electron chi connectivity index (χ0n) is 13.9. The molecule has 0 aliphatic carbocycles. The van der Waals surface area contributed by atoms with Gasteiger partial charge in [-0.05, 0) is 42.8 Å². The topological polar surface area (TPSA) is 44.1 Å². The highest BCUT2D eigenvalue weighted by atomic mass is 79.9. The molecule has 1 heterocycles. The Bertz CT molecular complexity index is 939. The summed E-state index contributed by atoms with van der Waals surface area (Å²) in [6.07, 6.45) is 0. The van der Waals surface area contributed by atoms with E-state index >= 15 is 0 Å². The van der Waals surface area contributed by atoms with E-state index in [1.165, 1.54) is 0 Å². The molecule has 0 aliphatic heterocycles. The lowest BCUT2D eigenvalue weighted by Gasteiger charge is -2.08. The predicted molar refractivity (Wildman–Crippen MR) is 107 cm³/mol. The van der Waals surface area contributed by atoms with E-state index in [2.05, 4.69) is 21.0 Å². The average Bonchev–Trinajstić information content (AvgIpc) is 3.02. The smallest absolute Gasteiger partial charge is 0.356 e. The number of nitrogens with zero attached hydrogens (tertiary/aromatic N) is 2. The summed E-state index contributed by atoms with van der Waals surface area (Å²) in [4.78, 5) is 12.3. The van der Waals surface area contributed by atoms with Crippen molar-refractivity contribution in [2.24, 2.45) is 0 Å². The van der Waals surface area contributed by atoms with Crippen LogP contribution < -0.4 is 0 Å². The van der Waals surface area contributed by atoms with E-state index in [0.717, 1.165) is 15.6 Å². The molecule has 26 heavy (non-hydrogen) atoms. The minimum absolute atomic E-state index is 0.291. The van der Waals surface area contributed by atoms with Crippen LogP contribution in [0.5, 0.6) is 0 Å². The molecule has 0 aliphatic rings. The molecule has 0 spiro atoms. The maximum absolute atomic E-state index is 12.3. The first-order chi connectivity index (χ1) is 12.5. The van der Waals surface area contributed by atoms with Crippen LogP contribution in [0.1, 0.15) is 23.0 Å². The van der Waals surface area contributed by atoms with E-state index in [1.807, 2.05) is 30.3 Å². The first-order valence-corrected chi connectivity index (χ1v) is 9.47. The molecule has 0 amide bonds. The molecule has 0 atom stereocenters. The number of hydrogen-bond donors (Lipinski definition) is 0. The lowest BCUT2D eigenvalue weighted by Crippen LogP contribution is -2.14. The van der Waals surface area contributed by atoms with Gasteiger partial charge in [0.1, 0.15) is 5.69 Å².